The summed E-state index contributed by atoms with van der Waals surface area (Å²) in [5.74, 6) is 1.28. The fourth-order valence-electron chi connectivity index (χ4n) is 2.13. The Morgan fingerprint density at radius 3 is 2.38 bits per heavy atom. The molecule has 0 saturated carbocycles. The summed E-state index contributed by atoms with van der Waals surface area (Å²) in [6, 6.07) is 14.7. The van der Waals surface area contributed by atoms with Gasteiger partial charge < -0.3 is 4.74 Å². The van der Waals surface area contributed by atoms with Crippen molar-refractivity contribution in [2.75, 3.05) is 6.61 Å². The molecule has 0 radical (unpaired) electrons. The van der Waals surface area contributed by atoms with E-state index in [-0.39, 0.29) is 10.6 Å². The van der Waals surface area contributed by atoms with Crippen LogP contribution in [-0.4, -0.2) is 11.5 Å². The summed E-state index contributed by atoms with van der Waals surface area (Å²) < 4.78 is 5.66. The molecule has 0 aliphatic carbocycles. The molecule has 0 aliphatic heterocycles. The van der Waals surface area contributed by atoms with E-state index in [1.54, 1.807) is 18.2 Å². The van der Waals surface area contributed by atoms with Gasteiger partial charge in [0.25, 0.3) is 5.69 Å². The molecule has 0 amide bonds. The first-order valence-corrected chi connectivity index (χ1v) is 7.03. The van der Waals surface area contributed by atoms with Gasteiger partial charge in [-0.3, -0.25) is 10.1 Å². The van der Waals surface area contributed by atoms with Crippen LogP contribution in [0.15, 0.2) is 48.5 Å². The van der Waals surface area contributed by atoms with Crippen LogP contribution in [0.1, 0.15) is 30.9 Å². The van der Waals surface area contributed by atoms with E-state index in [9.17, 15) is 10.1 Å². The van der Waals surface area contributed by atoms with E-state index in [0.29, 0.717) is 24.5 Å². The number of rotatable bonds is 6. The Balaban J connectivity index is 1.94. The first-order valence-electron chi connectivity index (χ1n) is 7.03. The van der Waals surface area contributed by atoms with Crippen molar-refractivity contribution < 1.29 is 9.66 Å². The number of nitro groups is 1. The average Bonchev–Trinajstić information content (AvgIpc) is 2.48. The fraction of sp³-hybridized carbons (Fsp3) is 0.294. The first-order chi connectivity index (χ1) is 10.1. The molecule has 4 heteroatoms. The van der Waals surface area contributed by atoms with Gasteiger partial charge in [0.1, 0.15) is 5.75 Å². The van der Waals surface area contributed by atoms with E-state index >= 15 is 0 Å². The number of ether oxygens (including phenoxy) is 1. The number of nitrogens with zero attached hydrogens (tertiary/aromatic N) is 1. The van der Waals surface area contributed by atoms with E-state index in [1.165, 1.54) is 11.6 Å². The van der Waals surface area contributed by atoms with Crippen LogP contribution in [0.5, 0.6) is 5.75 Å². The first kappa shape index (κ1) is 15.0. The minimum atomic E-state index is -0.354. The highest BCUT2D eigenvalue weighted by atomic mass is 16.6. The van der Waals surface area contributed by atoms with Crippen LogP contribution in [-0.2, 0) is 6.42 Å². The van der Waals surface area contributed by atoms with Crippen molar-refractivity contribution in [1.82, 2.24) is 0 Å². The van der Waals surface area contributed by atoms with Crippen LogP contribution in [0.4, 0.5) is 5.69 Å². The molecule has 0 saturated heterocycles. The smallest absolute Gasteiger partial charge is 0.272 e. The zero-order chi connectivity index (χ0) is 15.2. The second kappa shape index (κ2) is 6.88. The zero-order valence-electron chi connectivity index (χ0n) is 12.3. The largest absolute Gasteiger partial charge is 0.493 e. The predicted molar refractivity (Wildman–Crippen MR) is 82.8 cm³/mol. The Morgan fingerprint density at radius 2 is 1.76 bits per heavy atom. The Kier molecular flexibility index (Phi) is 4.93. The number of para-hydroxylation sites is 1. The predicted octanol–water partition coefficient (Wildman–Crippen LogP) is 4.34. The van der Waals surface area contributed by atoms with Gasteiger partial charge >= 0.3 is 0 Å². The quantitative estimate of drug-likeness (QED) is 0.586. The Hall–Kier alpha value is -2.36. The molecule has 4 nitrogen and oxygen atoms in total. The lowest BCUT2D eigenvalue weighted by Gasteiger charge is -2.09. The lowest BCUT2D eigenvalue weighted by atomic mass is 10.0. The second-order valence-electron chi connectivity index (χ2n) is 5.21. The minimum absolute atomic E-state index is 0.149. The lowest BCUT2D eigenvalue weighted by molar-refractivity contribution is -0.385. The standard InChI is InChI=1S/C17H19NO3/c1-13(2)14-7-9-16(10-8-14)21-12-11-15-5-3-4-6-17(15)18(19)20/h3-10,13H,11-12H2,1-2H3. The number of hydrogen-bond acceptors (Lipinski definition) is 3. The molecule has 0 atom stereocenters. The van der Waals surface area contributed by atoms with Gasteiger partial charge in [-0.1, -0.05) is 44.2 Å². The van der Waals surface area contributed by atoms with Crippen molar-refractivity contribution in [1.29, 1.82) is 0 Å². The van der Waals surface area contributed by atoms with Crippen LogP contribution in [0, 0.1) is 10.1 Å². The van der Waals surface area contributed by atoms with Crippen LogP contribution in [0.25, 0.3) is 0 Å². The van der Waals surface area contributed by atoms with Crippen molar-refractivity contribution >= 4 is 5.69 Å². The SMILES string of the molecule is CC(C)c1ccc(OCCc2ccccc2[N+](=O)[O-])cc1. The highest BCUT2D eigenvalue weighted by Gasteiger charge is 2.11. The summed E-state index contributed by atoms with van der Waals surface area (Å²) in [5, 5.41) is 10.9. The molecular formula is C17H19NO3. The maximum Gasteiger partial charge on any atom is 0.272 e. The molecule has 0 aromatic heterocycles. The van der Waals surface area contributed by atoms with Gasteiger partial charge in [0.15, 0.2) is 0 Å². The monoisotopic (exact) mass is 285 g/mol. The third kappa shape index (κ3) is 4.05. The van der Waals surface area contributed by atoms with Crippen LogP contribution < -0.4 is 4.74 Å². The normalized spacial score (nSPS) is 10.6. The second-order valence-corrected chi connectivity index (χ2v) is 5.21. The van der Waals surface area contributed by atoms with E-state index in [2.05, 4.69) is 13.8 Å². The van der Waals surface area contributed by atoms with Gasteiger partial charge in [-0.05, 0) is 23.6 Å². The van der Waals surface area contributed by atoms with E-state index in [4.69, 9.17) is 4.74 Å². The van der Waals surface area contributed by atoms with Gasteiger partial charge in [-0.25, -0.2) is 0 Å². The van der Waals surface area contributed by atoms with Crippen molar-refractivity contribution in [3.63, 3.8) is 0 Å². The number of hydrogen-bond donors (Lipinski definition) is 0. The lowest BCUT2D eigenvalue weighted by Crippen LogP contribution is -2.04. The van der Waals surface area contributed by atoms with Gasteiger partial charge in [-0.15, -0.1) is 0 Å². The minimum Gasteiger partial charge on any atom is -0.493 e. The van der Waals surface area contributed by atoms with Crippen LogP contribution in [0.3, 0.4) is 0 Å². The molecule has 0 aliphatic rings. The molecule has 0 fully saturated rings. The van der Waals surface area contributed by atoms with Crippen LogP contribution >= 0.6 is 0 Å². The van der Waals surface area contributed by atoms with Gasteiger partial charge in [-0.2, -0.15) is 0 Å². The van der Waals surface area contributed by atoms with Crippen molar-refractivity contribution in [3.8, 4) is 5.75 Å². The number of benzene rings is 2. The molecule has 0 bridgehead atoms. The molecule has 21 heavy (non-hydrogen) atoms. The van der Waals surface area contributed by atoms with E-state index < -0.39 is 0 Å². The summed E-state index contributed by atoms with van der Waals surface area (Å²) in [7, 11) is 0. The molecule has 110 valence electrons. The molecule has 2 rings (SSSR count). The third-order valence-electron chi connectivity index (χ3n) is 3.38. The highest BCUT2D eigenvalue weighted by Crippen LogP contribution is 2.20. The van der Waals surface area contributed by atoms with E-state index in [1.807, 2.05) is 24.3 Å². The molecule has 0 heterocycles. The number of nitro benzene ring substituents is 1. The zero-order valence-corrected chi connectivity index (χ0v) is 12.3. The molecule has 0 N–H and O–H groups in total. The summed E-state index contributed by atoms with van der Waals surface area (Å²) in [4.78, 5) is 10.6. The van der Waals surface area contributed by atoms with Gasteiger partial charge in [0, 0.05) is 18.1 Å². The van der Waals surface area contributed by atoms with Crippen molar-refractivity contribution in [3.05, 3.63) is 69.8 Å². The Morgan fingerprint density at radius 1 is 1.10 bits per heavy atom. The Labute approximate surface area is 124 Å². The molecule has 0 spiro atoms. The summed E-state index contributed by atoms with van der Waals surface area (Å²) in [6.45, 7) is 4.71. The van der Waals surface area contributed by atoms with Crippen molar-refractivity contribution in [2.45, 2.75) is 26.2 Å². The van der Waals surface area contributed by atoms with Crippen molar-refractivity contribution in [2.24, 2.45) is 0 Å². The molecule has 0 unspecified atom stereocenters. The third-order valence-corrected chi connectivity index (χ3v) is 3.38. The molecule has 2 aromatic carbocycles. The topological polar surface area (TPSA) is 52.4 Å². The maximum absolute atomic E-state index is 10.9. The maximum atomic E-state index is 10.9. The molecular weight excluding hydrogens is 266 g/mol. The summed E-state index contributed by atoms with van der Waals surface area (Å²) in [6.07, 6.45) is 0.517. The highest BCUT2D eigenvalue weighted by molar-refractivity contribution is 5.40. The van der Waals surface area contributed by atoms with Crippen LogP contribution in [0.2, 0.25) is 0 Å². The average molecular weight is 285 g/mol. The van der Waals surface area contributed by atoms with Gasteiger partial charge in [0.2, 0.25) is 0 Å². The summed E-state index contributed by atoms with van der Waals surface area (Å²) in [5.41, 5.74) is 2.11. The Bertz CT molecular complexity index is 606. The van der Waals surface area contributed by atoms with E-state index in [0.717, 1.165) is 5.75 Å². The van der Waals surface area contributed by atoms with Gasteiger partial charge in [0.05, 0.1) is 11.5 Å². The summed E-state index contributed by atoms with van der Waals surface area (Å²) >= 11 is 0. The molecule has 2 aromatic rings. The fourth-order valence-corrected chi connectivity index (χ4v) is 2.13.